The molecule has 0 spiro atoms. The third-order valence-electron chi connectivity index (χ3n) is 3.75. The summed E-state index contributed by atoms with van der Waals surface area (Å²) >= 11 is 0. The van der Waals surface area contributed by atoms with E-state index < -0.39 is 0 Å². The van der Waals surface area contributed by atoms with E-state index in [1.165, 1.54) is 38.6 Å². The molecule has 2 rings (SSSR count). The second-order valence-corrected chi connectivity index (χ2v) is 4.71. The summed E-state index contributed by atoms with van der Waals surface area (Å²) in [6, 6.07) is 1.21. The van der Waals surface area contributed by atoms with Crippen LogP contribution in [-0.4, -0.2) is 43.3 Å². The zero-order valence-electron chi connectivity index (χ0n) is 9.11. The second kappa shape index (κ2) is 4.60. The normalized spacial score (nSPS) is 40.3. The topological polar surface area (TPSA) is 38.5 Å². The molecule has 0 radical (unpaired) electrons. The molecule has 1 unspecified atom stereocenters. The van der Waals surface area contributed by atoms with Gasteiger partial charge in [0.05, 0.1) is 6.10 Å². The largest absolute Gasteiger partial charge is 0.381 e. The summed E-state index contributed by atoms with van der Waals surface area (Å²) in [7, 11) is 1.83. The van der Waals surface area contributed by atoms with E-state index in [0.29, 0.717) is 12.1 Å². The Morgan fingerprint density at radius 3 is 2.36 bits per heavy atom. The van der Waals surface area contributed by atoms with Gasteiger partial charge >= 0.3 is 0 Å². The molecule has 0 aromatic rings. The lowest BCUT2D eigenvalue weighted by molar-refractivity contribution is 0.0435. The van der Waals surface area contributed by atoms with Crippen LogP contribution in [0.4, 0.5) is 0 Å². The predicted octanol–water partition coefficient (Wildman–Crippen LogP) is 0.977. The maximum Gasteiger partial charge on any atom is 0.0572 e. The molecule has 1 saturated heterocycles. The summed E-state index contributed by atoms with van der Waals surface area (Å²) in [5.41, 5.74) is 5.92. The number of methoxy groups -OCH3 is 1. The van der Waals surface area contributed by atoms with Crippen LogP contribution < -0.4 is 5.73 Å². The molecule has 82 valence electrons. The van der Waals surface area contributed by atoms with Gasteiger partial charge in [0.25, 0.3) is 0 Å². The van der Waals surface area contributed by atoms with E-state index in [9.17, 15) is 0 Å². The van der Waals surface area contributed by atoms with Gasteiger partial charge in [-0.25, -0.2) is 0 Å². The Kier molecular flexibility index (Phi) is 3.42. The molecule has 1 saturated carbocycles. The van der Waals surface area contributed by atoms with Gasteiger partial charge in [-0.1, -0.05) is 0 Å². The van der Waals surface area contributed by atoms with Crippen molar-refractivity contribution in [1.29, 1.82) is 0 Å². The van der Waals surface area contributed by atoms with Crippen LogP contribution >= 0.6 is 0 Å². The lowest BCUT2D eigenvalue weighted by Gasteiger charge is -2.34. The number of likely N-dealkylation sites (tertiary alicyclic amines) is 1. The Balaban J connectivity index is 1.78. The van der Waals surface area contributed by atoms with Crippen LogP contribution in [0.25, 0.3) is 0 Å². The molecule has 2 N–H and O–H groups in total. The first-order chi connectivity index (χ1) is 6.79. The molecular weight excluding hydrogens is 176 g/mol. The third kappa shape index (κ3) is 2.27. The van der Waals surface area contributed by atoms with Crippen molar-refractivity contribution in [2.45, 2.75) is 50.3 Å². The number of rotatable bonds is 2. The highest BCUT2D eigenvalue weighted by atomic mass is 16.5. The van der Waals surface area contributed by atoms with Crippen LogP contribution in [-0.2, 0) is 4.74 Å². The average molecular weight is 198 g/mol. The molecule has 14 heavy (non-hydrogen) atoms. The van der Waals surface area contributed by atoms with Crippen LogP contribution in [0.1, 0.15) is 32.1 Å². The fraction of sp³-hybridized carbons (Fsp3) is 1.00. The molecule has 3 heteroatoms. The molecule has 0 aromatic heterocycles. The Morgan fingerprint density at radius 1 is 1.14 bits per heavy atom. The molecule has 0 amide bonds. The lowest BCUT2D eigenvalue weighted by Crippen LogP contribution is -2.39. The van der Waals surface area contributed by atoms with Crippen LogP contribution in [0, 0.1) is 0 Å². The second-order valence-electron chi connectivity index (χ2n) is 4.71. The van der Waals surface area contributed by atoms with E-state index in [0.717, 1.165) is 12.6 Å². The van der Waals surface area contributed by atoms with E-state index in [1.807, 2.05) is 7.11 Å². The van der Waals surface area contributed by atoms with E-state index in [2.05, 4.69) is 4.90 Å². The van der Waals surface area contributed by atoms with E-state index in [1.54, 1.807) is 0 Å². The molecular formula is C11H22N2O. The van der Waals surface area contributed by atoms with E-state index in [4.69, 9.17) is 10.5 Å². The van der Waals surface area contributed by atoms with Gasteiger partial charge in [-0.2, -0.15) is 0 Å². The van der Waals surface area contributed by atoms with Crippen molar-refractivity contribution in [2.24, 2.45) is 5.73 Å². The van der Waals surface area contributed by atoms with Crippen LogP contribution in [0.5, 0.6) is 0 Å². The Hall–Kier alpha value is -0.120. The van der Waals surface area contributed by atoms with Crippen molar-refractivity contribution in [3.05, 3.63) is 0 Å². The first-order valence-corrected chi connectivity index (χ1v) is 5.82. The van der Waals surface area contributed by atoms with Crippen molar-refractivity contribution in [2.75, 3.05) is 20.2 Å². The smallest absolute Gasteiger partial charge is 0.0572 e. The molecule has 0 aromatic carbocycles. The summed E-state index contributed by atoms with van der Waals surface area (Å²) in [6.45, 7) is 2.33. The molecule has 2 aliphatic rings. The zero-order valence-corrected chi connectivity index (χ0v) is 9.11. The maximum absolute atomic E-state index is 5.92. The Labute approximate surface area is 86.6 Å². The quantitative estimate of drug-likeness (QED) is 0.719. The van der Waals surface area contributed by atoms with Crippen molar-refractivity contribution >= 4 is 0 Å². The average Bonchev–Trinajstić information content (AvgIpc) is 2.65. The number of hydrogen-bond acceptors (Lipinski definition) is 3. The summed E-state index contributed by atoms with van der Waals surface area (Å²) in [5.74, 6) is 0. The van der Waals surface area contributed by atoms with Gasteiger partial charge in [-0.15, -0.1) is 0 Å². The fourth-order valence-corrected chi connectivity index (χ4v) is 2.79. The minimum absolute atomic E-state index is 0.426. The van der Waals surface area contributed by atoms with Gasteiger partial charge in [0.2, 0.25) is 0 Å². The van der Waals surface area contributed by atoms with Crippen molar-refractivity contribution in [1.82, 2.24) is 4.90 Å². The third-order valence-corrected chi connectivity index (χ3v) is 3.75. The molecule has 1 heterocycles. The highest BCUT2D eigenvalue weighted by Crippen LogP contribution is 2.26. The highest BCUT2D eigenvalue weighted by Gasteiger charge is 2.29. The summed E-state index contributed by atoms with van der Waals surface area (Å²) in [6.07, 6.45) is 6.75. The van der Waals surface area contributed by atoms with Crippen molar-refractivity contribution in [3.8, 4) is 0 Å². The predicted molar refractivity (Wildman–Crippen MR) is 57.2 cm³/mol. The SMILES string of the molecule is COC1CCC(N2CCC(N)C2)CC1. The van der Waals surface area contributed by atoms with Gasteiger partial charge in [0, 0.05) is 32.3 Å². The molecule has 2 fully saturated rings. The molecule has 1 atom stereocenters. The summed E-state index contributed by atoms with van der Waals surface area (Å²) < 4.78 is 5.38. The molecule has 3 nitrogen and oxygen atoms in total. The number of ether oxygens (including phenoxy) is 1. The van der Waals surface area contributed by atoms with Gasteiger partial charge in [-0.05, 0) is 32.1 Å². The van der Waals surface area contributed by atoms with Gasteiger partial charge in [0.1, 0.15) is 0 Å². The molecule has 1 aliphatic carbocycles. The van der Waals surface area contributed by atoms with Crippen LogP contribution in [0.3, 0.4) is 0 Å². The van der Waals surface area contributed by atoms with Gasteiger partial charge in [0.15, 0.2) is 0 Å². The number of nitrogens with two attached hydrogens (primary N) is 1. The first kappa shape index (κ1) is 10.4. The first-order valence-electron chi connectivity index (χ1n) is 5.82. The highest BCUT2D eigenvalue weighted by molar-refractivity contribution is 4.86. The number of nitrogens with zero attached hydrogens (tertiary/aromatic N) is 1. The van der Waals surface area contributed by atoms with E-state index >= 15 is 0 Å². The fourth-order valence-electron chi connectivity index (χ4n) is 2.79. The molecule has 0 bridgehead atoms. The lowest BCUT2D eigenvalue weighted by atomic mass is 9.92. The van der Waals surface area contributed by atoms with Crippen molar-refractivity contribution < 1.29 is 4.74 Å². The minimum Gasteiger partial charge on any atom is -0.381 e. The summed E-state index contributed by atoms with van der Waals surface area (Å²) in [5, 5.41) is 0. The Bertz CT molecular complexity index is 178. The zero-order chi connectivity index (χ0) is 9.97. The van der Waals surface area contributed by atoms with Gasteiger partial charge < -0.3 is 10.5 Å². The van der Waals surface area contributed by atoms with E-state index in [-0.39, 0.29) is 0 Å². The standard InChI is InChI=1S/C11H22N2O/c1-14-11-4-2-10(3-5-11)13-7-6-9(12)8-13/h9-11H,2-8,12H2,1H3. The Morgan fingerprint density at radius 2 is 1.86 bits per heavy atom. The molecule has 1 aliphatic heterocycles. The number of hydrogen-bond donors (Lipinski definition) is 1. The minimum atomic E-state index is 0.426. The van der Waals surface area contributed by atoms with Crippen LogP contribution in [0.2, 0.25) is 0 Å². The van der Waals surface area contributed by atoms with Gasteiger partial charge in [-0.3, -0.25) is 4.90 Å². The van der Waals surface area contributed by atoms with Crippen LogP contribution in [0.15, 0.2) is 0 Å². The summed E-state index contributed by atoms with van der Waals surface area (Å²) in [4.78, 5) is 2.58. The monoisotopic (exact) mass is 198 g/mol. The van der Waals surface area contributed by atoms with Crippen molar-refractivity contribution in [3.63, 3.8) is 0 Å². The maximum atomic E-state index is 5.92.